The first kappa shape index (κ1) is 13.9. The highest BCUT2D eigenvalue weighted by Gasteiger charge is 2.68. The molecule has 2 bridgehead atoms. The van der Waals surface area contributed by atoms with Crippen LogP contribution >= 0.6 is 0 Å². The summed E-state index contributed by atoms with van der Waals surface area (Å²) in [5.41, 5.74) is 0.158. The van der Waals surface area contributed by atoms with Crippen molar-refractivity contribution in [2.45, 2.75) is 72.8 Å². The Hall–Kier alpha value is -0.530. The molecule has 2 aliphatic carbocycles. The number of hydrogen-bond acceptors (Lipinski definition) is 2. The SMILES string of the molecule is CCC(C)C(=O)OC1(C)CC2CCC1(C)C2(C)C. The molecule has 104 valence electrons. The summed E-state index contributed by atoms with van der Waals surface area (Å²) < 4.78 is 5.99. The van der Waals surface area contributed by atoms with Crippen LogP contribution in [0.4, 0.5) is 0 Å². The molecule has 18 heavy (non-hydrogen) atoms. The van der Waals surface area contributed by atoms with E-state index in [2.05, 4.69) is 27.7 Å². The van der Waals surface area contributed by atoms with Gasteiger partial charge in [0.25, 0.3) is 0 Å². The molecule has 2 aliphatic rings. The van der Waals surface area contributed by atoms with Gasteiger partial charge in [0, 0.05) is 5.41 Å². The zero-order valence-corrected chi connectivity index (χ0v) is 12.8. The van der Waals surface area contributed by atoms with E-state index in [0.29, 0.717) is 5.92 Å². The fourth-order valence-corrected chi connectivity index (χ4v) is 4.24. The van der Waals surface area contributed by atoms with Crippen molar-refractivity contribution in [3.63, 3.8) is 0 Å². The van der Waals surface area contributed by atoms with Gasteiger partial charge in [-0.15, -0.1) is 0 Å². The zero-order chi connectivity index (χ0) is 13.8. The van der Waals surface area contributed by atoms with Crippen molar-refractivity contribution in [3.05, 3.63) is 0 Å². The fraction of sp³-hybridized carbons (Fsp3) is 0.938. The van der Waals surface area contributed by atoms with Gasteiger partial charge >= 0.3 is 5.97 Å². The van der Waals surface area contributed by atoms with Gasteiger partial charge in [0.2, 0.25) is 0 Å². The van der Waals surface area contributed by atoms with Crippen molar-refractivity contribution >= 4 is 5.97 Å². The van der Waals surface area contributed by atoms with Crippen LogP contribution in [0.3, 0.4) is 0 Å². The second kappa shape index (κ2) is 3.98. The minimum absolute atomic E-state index is 0.00965. The van der Waals surface area contributed by atoms with Crippen molar-refractivity contribution in [1.82, 2.24) is 0 Å². The minimum atomic E-state index is -0.264. The summed E-state index contributed by atoms with van der Waals surface area (Å²) in [7, 11) is 0. The second-order valence-corrected chi connectivity index (χ2v) is 7.45. The highest BCUT2D eigenvalue weighted by Crippen LogP contribution is 2.70. The molecule has 0 saturated heterocycles. The van der Waals surface area contributed by atoms with Gasteiger partial charge in [-0.2, -0.15) is 0 Å². The number of ether oxygens (including phenoxy) is 1. The molecule has 0 aromatic heterocycles. The lowest BCUT2D eigenvalue weighted by molar-refractivity contribution is -0.179. The molecule has 0 aromatic rings. The summed E-state index contributed by atoms with van der Waals surface area (Å²) in [6.45, 7) is 13.2. The second-order valence-electron chi connectivity index (χ2n) is 7.45. The molecular weight excluding hydrogens is 224 g/mol. The summed E-state index contributed by atoms with van der Waals surface area (Å²) in [5.74, 6) is 0.717. The smallest absolute Gasteiger partial charge is 0.309 e. The maximum absolute atomic E-state index is 12.1. The predicted molar refractivity (Wildman–Crippen MR) is 73.2 cm³/mol. The van der Waals surface area contributed by atoms with Crippen molar-refractivity contribution in [3.8, 4) is 0 Å². The molecule has 0 heterocycles. The minimum Gasteiger partial charge on any atom is -0.459 e. The molecule has 4 atom stereocenters. The van der Waals surface area contributed by atoms with Gasteiger partial charge < -0.3 is 4.74 Å². The molecule has 2 rings (SSSR count). The van der Waals surface area contributed by atoms with Crippen molar-refractivity contribution in [1.29, 1.82) is 0 Å². The van der Waals surface area contributed by atoms with E-state index in [1.54, 1.807) is 0 Å². The van der Waals surface area contributed by atoms with Gasteiger partial charge in [-0.3, -0.25) is 4.79 Å². The summed E-state index contributed by atoms with van der Waals surface area (Å²) >= 11 is 0. The standard InChI is InChI=1S/C16H28O2/c1-7-11(2)13(17)18-16(6)10-12-8-9-15(16,5)14(12,3)4/h11-12H,7-10H2,1-6H3. The average molecular weight is 252 g/mol. The molecule has 0 amide bonds. The number of carbonyl (C=O) groups is 1. The van der Waals surface area contributed by atoms with E-state index in [4.69, 9.17) is 4.74 Å². The summed E-state index contributed by atoms with van der Waals surface area (Å²) in [5, 5.41) is 0. The van der Waals surface area contributed by atoms with Crippen LogP contribution in [-0.2, 0) is 9.53 Å². The Morgan fingerprint density at radius 3 is 2.33 bits per heavy atom. The van der Waals surface area contributed by atoms with Crippen molar-refractivity contribution in [2.24, 2.45) is 22.7 Å². The maximum Gasteiger partial charge on any atom is 0.309 e. The van der Waals surface area contributed by atoms with Crippen LogP contribution in [0.1, 0.15) is 67.2 Å². The number of esters is 1. The molecule has 4 unspecified atom stereocenters. The first-order valence-corrected chi connectivity index (χ1v) is 7.41. The number of carbonyl (C=O) groups excluding carboxylic acids is 1. The van der Waals surface area contributed by atoms with Gasteiger partial charge in [-0.05, 0) is 43.9 Å². The summed E-state index contributed by atoms with van der Waals surface area (Å²) in [4.78, 5) is 12.1. The normalized spacial score (nSPS) is 42.9. The van der Waals surface area contributed by atoms with Gasteiger partial charge in [0.05, 0.1) is 5.92 Å². The molecule has 2 nitrogen and oxygen atoms in total. The maximum atomic E-state index is 12.1. The lowest BCUT2D eigenvalue weighted by Gasteiger charge is -2.46. The lowest BCUT2D eigenvalue weighted by Crippen LogP contribution is -2.48. The van der Waals surface area contributed by atoms with Crippen molar-refractivity contribution < 1.29 is 9.53 Å². The van der Waals surface area contributed by atoms with Gasteiger partial charge in [-0.1, -0.05) is 34.6 Å². The van der Waals surface area contributed by atoms with E-state index >= 15 is 0 Å². The van der Waals surface area contributed by atoms with E-state index in [9.17, 15) is 4.79 Å². The van der Waals surface area contributed by atoms with E-state index in [-0.39, 0.29) is 28.3 Å². The van der Waals surface area contributed by atoms with Crippen LogP contribution in [0.5, 0.6) is 0 Å². The highest BCUT2D eigenvalue weighted by atomic mass is 16.6. The van der Waals surface area contributed by atoms with Crippen LogP contribution in [0.15, 0.2) is 0 Å². The molecule has 0 aromatic carbocycles. The third-order valence-electron chi connectivity index (χ3n) is 6.58. The zero-order valence-electron chi connectivity index (χ0n) is 12.8. The third-order valence-corrected chi connectivity index (χ3v) is 6.58. The Balaban J connectivity index is 2.22. The van der Waals surface area contributed by atoms with Crippen LogP contribution in [0.25, 0.3) is 0 Å². The summed E-state index contributed by atoms with van der Waals surface area (Å²) in [6, 6.07) is 0. The van der Waals surface area contributed by atoms with E-state index in [1.807, 2.05) is 13.8 Å². The summed E-state index contributed by atoms with van der Waals surface area (Å²) in [6.07, 6.45) is 4.38. The quantitative estimate of drug-likeness (QED) is 0.704. The van der Waals surface area contributed by atoms with Crippen LogP contribution in [0, 0.1) is 22.7 Å². The molecule has 2 fully saturated rings. The topological polar surface area (TPSA) is 26.3 Å². The Labute approximate surface area is 111 Å². The van der Waals surface area contributed by atoms with E-state index < -0.39 is 0 Å². The molecule has 2 heteroatoms. The van der Waals surface area contributed by atoms with Gasteiger partial charge in [-0.25, -0.2) is 0 Å². The van der Waals surface area contributed by atoms with E-state index in [0.717, 1.165) is 12.8 Å². The number of hydrogen-bond donors (Lipinski definition) is 0. The van der Waals surface area contributed by atoms with Crippen LogP contribution < -0.4 is 0 Å². The van der Waals surface area contributed by atoms with Crippen LogP contribution in [0.2, 0.25) is 0 Å². The Kier molecular flexibility index (Phi) is 3.07. The predicted octanol–water partition coefficient (Wildman–Crippen LogP) is 4.18. The average Bonchev–Trinajstić information content (AvgIpc) is 2.59. The lowest BCUT2D eigenvalue weighted by atomic mass is 9.65. The number of rotatable bonds is 3. The monoisotopic (exact) mass is 252 g/mol. The fourth-order valence-electron chi connectivity index (χ4n) is 4.24. The molecule has 0 N–H and O–H groups in total. The first-order valence-electron chi connectivity index (χ1n) is 7.41. The first-order chi connectivity index (χ1) is 8.18. The largest absolute Gasteiger partial charge is 0.459 e. The van der Waals surface area contributed by atoms with E-state index in [1.165, 1.54) is 12.8 Å². The van der Waals surface area contributed by atoms with Crippen molar-refractivity contribution in [2.75, 3.05) is 0 Å². The Morgan fingerprint density at radius 2 is 1.94 bits per heavy atom. The Morgan fingerprint density at radius 1 is 1.33 bits per heavy atom. The Bertz CT molecular complexity index is 360. The highest BCUT2D eigenvalue weighted by molar-refractivity contribution is 5.72. The van der Waals surface area contributed by atoms with Gasteiger partial charge in [0.1, 0.15) is 5.60 Å². The third kappa shape index (κ3) is 1.57. The molecular formula is C16H28O2. The van der Waals surface area contributed by atoms with Crippen LogP contribution in [-0.4, -0.2) is 11.6 Å². The molecule has 2 saturated carbocycles. The molecule has 0 spiro atoms. The molecule has 0 aliphatic heterocycles. The molecule has 0 radical (unpaired) electrons. The van der Waals surface area contributed by atoms with Gasteiger partial charge in [0.15, 0.2) is 0 Å². The number of fused-ring (bicyclic) bond motifs is 2.